The number of esters is 2. The van der Waals surface area contributed by atoms with Gasteiger partial charge in [0.2, 0.25) is 0 Å². The molecule has 4 aromatic carbocycles. The van der Waals surface area contributed by atoms with Crippen molar-refractivity contribution >= 4 is 23.8 Å². The van der Waals surface area contributed by atoms with Gasteiger partial charge in [-0.2, -0.15) is 0 Å². The summed E-state index contributed by atoms with van der Waals surface area (Å²) in [7, 11) is 2.67. The molecular weight excluding hydrogens is 620 g/mol. The van der Waals surface area contributed by atoms with Gasteiger partial charge in [0.25, 0.3) is 5.91 Å². The van der Waals surface area contributed by atoms with E-state index in [0.717, 1.165) is 23.6 Å². The van der Waals surface area contributed by atoms with Gasteiger partial charge in [-0.05, 0) is 55.7 Å². The Balaban J connectivity index is 0.000000392. The van der Waals surface area contributed by atoms with Gasteiger partial charge in [-0.1, -0.05) is 98.3 Å². The van der Waals surface area contributed by atoms with Crippen LogP contribution in [0.4, 0.5) is 8.78 Å². The summed E-state index contributed by atoms with van der Waals surface area (Å²) < 4.78 is 35.5. The summed E-state index contributed by atoms with van der Waals surface area (Å²) in [6.07, 6.45) is 1.01. The van der Waals surface area contributed by atoms with Crippen molar-refractivity contribution in [3.63, 3.8) is 0 Å². The number of carbonyl (C=O) groups excluding carboxylic acids is 3. The molecule has 0 aromatic heterocycles. The Kier molecular flexibility index (Phi) is 17.5. The van der Waals surface area contributed by atoms with Gasteiger partial charge in [0.15, 0.2) is 0 Å². The summed E-state index contributed by atoms with van der Waals surface area (Å²) in [5.74, 6) is -4.01. The molecule has 2 atom stereocenters. The Labute approximate surface area is 280 Å². The summed E-state index contributed by atoms with van der Waals surface area (Å²) in [4.78, 5) is 45.4. The third-order valence-electron chi connectivity index (χ3n) is 6.84. The number of carboxylic acids is 1. The van der Waals surface area contributed by atoms with Gasteiger partial charge in [0.05, 0.1) is 31.3 Å². The van der Waals surface area contributed by atoms with Crippen molar-refractivity contribution in [2.24, 2.45) is 5.92 Å². The van der Waals surface area contributed by atoms with Crippen molar-refractivity contribution < 1.29 is 42.5 Å². The molecule has 0 saturated heterocycles. The maximum absolute atomic E-state index is 13.7. The van der Waals surface area contributed by atoms with Gasteiger partial charge in [-0.15, -0.1) is 0 Å². The number of amides is 1. The molecule has 4 rings (SSSR count). The normalized spacial score (nSPS) is 11.1. The predicted molar refractivity (Wildman–Crippen MR) is 181 cm³/mol. The smallest absolute Gasteiger partial charge is 0.338 e. The molecule has 0 radical (unpaired) electrons. The quantitative estimate of drug-likeness (QED) is 0.183. The highest BCUT2D eigenvalue weighted by molar-refractivity contribution is 5.97. The summed E-state index contributed by atoms with van der Waals surface area (Å²) in [5, 5.41) is 10.9. The van der Waals surface area contributed by atoms with Gasteiger partial charge in [-0.3, -0.25) is 9.59 Å². The minimum absolute atomic E-state index is 0. The largest absolute Gasteiger partial charge is 0.478 e. The van der Waals surface area contributed by atoms with Crippen LogP contribution < -0.4 is 5.32 Å². The van der Waals surface area contributed by atoms with Crippen molar-refractivity contribution in [3.8, 4) is 0 Å². The molecule has 0 heterocycles. The van der Waals surface area contributed by atoms with Crippen molar-refractivity contribution in [1.82, 2.24) is 5.32 Å². The van der Waals surface area contributed by atoms with Crippen molar-refractivity contribution in [1.29, 1.82) is 0 Å². The number of carbonyl (C=O) groups is 4. The van der Waals surface area contributed by atoms with E-state index in [0.29, 0.717) is 0 Å². The van der Waals surface area contributed by atoms with Gasteiger partial charge in [0.1, 0.15) is 17.7 Å². The Morgan fingerprint density at radius 1 is 0.667 bits per heavy atom. The van der Waals surface area contributed by atoms with Gasteiger partial charge < -0.3 is 19.9 Å². The number of hydrogen-bond donors (Lipinski definition) is 2. The van der Waals surface area contributed by atoms with Crippen molar-refractivity contribution in [3.05, 3.63) is 142 Å². The first-order chi connectivity index (χ1) is 22.4. The number of hydrogen-bond acceptors (Lipinski definition) is 6. The van der Waals surface area contributed by atoms with Crippen LogP contribution in [0.5, 0.6) is 0 Å². The zero-order valence-corrected chi connectivity index (χ0v) is 27.0. The van der Waals surface area contributed by atoms with Crippen molar-refractivity contribution in [2.75, 3.05) is 14.2 Å². The van der Waals surface area contributed by atoms with Crippen LogP contribution in [-0.4, -0.2) is 49.2 Å². The highest BCUT2D eigenvalue weighted by Crippen LogP contribution is 2.12. The molecule has 2 N–H and O–H groups in total. The highest BCUT2D eigenvalue weighted by atomic mass is 19.1. The molecule has 48 heavy (non-hydrogen) atoms. The van der Waals surface area contributed by atoms with E-state index in [2.05, 4.69) is 34.3 Å². The second-order valence-electron chi connectivity index (χ2n) is 10.6. The van der Waals surface area contributed by atoms with E-state index in [1.54, 1.807) is 6.07 Å². The first kappa shape index (κ1) is 40.6. The summed E-state index contributed by atoms with van der Waals surface area (Å²) in [6.45, 7) is 5.89. The Hall–Kier alpha value is -5.38. The number of rotatable bonds is 9. The van der Waals surface area contributed by atoms with Crippen LogP contribution in [-0.2, 0) is 31.9 Å². The SMILES string of the molecule is C.COC(=O)C(C)Cc1ccc(C)cc1.COC(=O)C(Cc1ccc(C)cc1)NC(=O)c1ccccc1F.O=C(O)c1ccccc1F. The molecule has 1 amide bonds. The van der Waals surface area contributed by atoms with Crippen LogP contribution in [0, 0.1) is 31.4 Å². The molecular formula is C38H43F2NO7. The highest BCUT2D eigenvalue weighted by Gasteiger charge is 2.23. The van der Waals surface area contributed by atoms with Crippen LogP contribution in [0.25, 0.3) is 0 Å². The van der Waals surface area contributed by atoms with E-state index >= 15 is 0 Å². The molecule has 2 unspecified atom stereocenters. The summed E-state index contributed by atoms with van der Waals surface area (Å²) in [6, 6.07) is 25.8. The third-order valence-corrected chi connectivity index (χ3v) is 6.84. The lowest BCUT2D eigenvalue weighted by Gasteiger charge is -2.17. The van der Waals surface area contributed by atoms with E-state index < -0.39 is 35.5 Å². The number of methoxy groups -OCH3 is 2. The first-order valence-electron chi connectivity index (χ1n) is 14.7. The van der Waals surface area contributed by atoms with Crippen LogP contribution in [0.2, 0.25) is 0 Å². The van der Waals surface area contributed by atoms with Crippen LogP contribution in [0.15, 0.2) is 97.1 Å². The number of benzene rings is 4. The molecule has 0 aliphatic heterocycles. The molecule has 0 aliphatic carbocycles. The number of nitrogens with one attached hydrogen (secondary N) is 1. The van der Waals surface area contributed by atoms with Crippen LogP contribution in [0.1, 0.15) is 57.3 Å². The van der Waals surface area contributed by atoms with E-state index in [4.69, 9.17) is 9.84 Å². The molecule has 256 valence electrons. The molecule has 0 bridgehead atoms. The zero-order chi connectivity index (χ0) is 34.9. The Bertz CT molecular complexity index is 1620. The van der Waals surface area contributed by atoms with Crippen molar-refractivity contribution in [2.45, 2.75) is 47.1 Å². The molecule has 0 fully saturated rings. The van der Waals surface area contributed by atoms with E-state index in [1.807, 2.05) is 45.0 Å². The summed E-state index contributed by atoms with van der Waals surface area (Å²) >= 11 is 0. The number of carboxylic acid groups (broad SMARTS) is 1. The molecule has 0 saturated carbocycles. The number of aromatic carboxylic acids is 1. The van der Waals surface area contributed by atoms with Gasteiger partial charge in [-0.25, -0.2) is 18.4 Å². The lowest BCUT2D eigenvalue weighted by Crippen LogP contribution is -2.43. The number of halogens is 2. The molecule has 0 aliphatic rings. The standard InChI is InChI=1S/C18H18FNO3.C12H16O2.C7H5FO2.CH4/c1-12-7-9-13(10-8-12)11-16(18(22)23-2)20-17(21)14-5-3-4-6-15(14)19;1-9-4-6-11(7-5-9)8-10(2)12(13)14-3;8-6-4-2-1-3-5(6)7(9)10;/h3-10,16H,11H2,1-2H3,(H,20,21);4-7,10H,8H2,1-3H3;1-4H,(H,9,10);1H4. The van der Waals surface area contributed by atoms with E-state index in [1.165, 1.54) is 61.7 Å². The molecule has 10 heteroatoms. The number of aryl methyl sites for hydroxylation is 2. The fourth-order valence-electron chi connectivity index (χ4n) is 4.17. The zero-order valence-electron chi connectivity index (χ0n) is 27.0. The Morgan fingerprint density at radius 2 is 1.08 bits per heavy atom. The summed E-state index contributed by atoms with van der Waals surface area (Å²) in [5.41, 5.74) is 3.99. The predicted octanol–water partition coefficient (Wildman–Crippen LogP) is 7.15. The minimum Gasteiger partial charge on any atom is -0.478 e. The fourth-order valence-corrected chi connectivity index (χ4v) is 4.17. The molecule has 4 aromatic rings. The van der Waals surface area contributed by atoms with E-state index in [-0.39, 0.29) is 36.9 Å². The minimum atomic E-state index is -1.24. The first-order valence-corrected chi connectivity index (χ1v) is 14.7. The molecule has 0 spiro atoms. The third kappa shape index (κ3) is 13.5. The Morgan fingerprint density at radius 3 is 1.48 bits per heavy atom. The lowest BCUT2D eigenvalue weighted by atomic mass is 10.0. The van der Waals surface area contributed by atoms with Gasteiger partial charge >= 0.3 is 17.9 Å². The second-order valence-corrected chi connectivity index (χ2v) is 10.6. The fraction of sp³-hybridized carbons (Fsp3) is 0.263. The lowest BCUT2D eigenvalue weighted by molar-refractivity contribution is -0.145. The van der Waals surface area contributed by atoms with Crippen LogP contribution >= 0.6 is 0 Å². The van der Waals surface area contributed by atoms with E-state index in [9.17, 15) is 28.0 Å². The van der Waals surface area contributed by atoms with Crippen LogP contribution in [0.3, 0.4) is 0 Å². The molecule has 8 nitrogen and oxygen atoms in total. The average molecular weight is 664 g/mol. The average Bonchev–Trinajstić information content (AvgIpc) is 3.06. The second kappa shape index (κ2) is 20.7. The number of ether oxygens (including phenoxy) is 2. The van der Waals surface area contributed by atoms with Gasteiger partial charge in [0, 0.05) is 6.42 Å². The maximum atomic E-state index is 13.7. The topological polar surface area (TPSA) is 119 Å². The monoisotopic (exact) mass is 663 g/mol. The maximum Gasteiger partial charge on any atom is 0.338 e.